The van der Waals surface area contributed by atoms with Gasteiger partial charge in [0.2, 0.25) is 0 Å². The Bertz CT molecular complexity index is 756. The highest BCUT2D eigenvalue weighted by Crippen LogP contribution is 2.17. The molecule has 2 rings (SSSR count). The first-order valence-corrected chi connectivity index (χ1v) is 10.5. The normalized spacial score (nSPS) is 12.1. The summed E-state index contributed by atoms with van der Waals surface area (Å²) in [6, 6.07) is 8.23. The lowest BCUT2D eigenvalue weighted by molar-refractivity contribution is -0.141. The van der Waals surface area contributed by atoms with E-state index in [9.17, 15) is 4.79 Å². The molecule has 0 radical (unpaired) electrons. The highest BCUT2D eigenvalue weighted by atomic mass is 16.4. The fourth-order valence-electron chi connectivity index (χ4n) is 3.24. The minimum absolute atomic E-state index is 0.296. The van der Waals surface area contributed by atoms with Crippen molar-refractivity contribution in [3.05, 3.63) is 48.0 Å². The standard InChI is InChI=1S/C23H35N5O2/c1-18(23(29)30)8-6-7-13-28(16-19-14-21(26(2)3)9-11-24-19)17-20-15-22(27(4)5)10-12-25-20/h9-12,14-15,18H,6-8,13,16-17H2,1-5H3,(H,29,30). The van der Waals surface area contributed by atoms with Crippen molar-refractivity contribution in [2.45, 2.75) is 39.3 Å². The second-order valence-electron chi connectivity index (χ2n) is 8.25. The summed E-state index contributed by atoms with van der Waals surface area (Å²) in [5.41, 5.74) is 4.29. The summed E-state index contributed by atoms with van der Waals surface area (Å²) in [4.78, 5) is 26.6. The van der Waals surface area contributed by atoms with Crippen molar-refractivity contribution in [3.63, 3.8) is 0 Å². The van der Waals surface area contributed by atoms with E-state index in [4.69, 9.17) is 5.11 Å². The summed E-state index contributed by atoms with van der Waals surface area (Å²) < 4.78 is 0. The SMILES string of the molecule is CC(CCCCN(Cc1cc(N(C)C)ccn1)Cc1cc(N(C)C)ccn1)C(=O)O. The molecule has 0 fully saturated rings. The number of carbonyl (C=O) groups is 1. The lowest BCUT2D eigenvalue weighted by Gasteiger charge is -2.23. The van der Waals surface area contributed by atoms with Gasteiger partial charge in [-0.15, -0.1) is 0 Å². The third kappa shape index (κ3) is 7.63. The molecule has 0 aromatic carbocycles. The van der Waals surface area contributed by atoms with Gasteiger partial charge in [0.25, 0.3) is 0 Å². The molecule has 0 bridgehead atoms. The van der Waals surface area contributed by atoms with Gasteiger partial charge in [0.1, 0.15) is 0 Å². The Balaban J connectivity index is 2.08. The number of aromatic nitrogens is 2. The molecule has 2 aromatic rings. The Labute approximate surface area is 180 Å². The molecular weight excluding hydrogens is 378 g/mol. The predicted molar refractivity (Wildman–Crippen MR) is 122 cm³/mol. The predicted octanol–water partition coefficient (Wildman–Crippen LogP) is 3.50. The number of hydrogen-bond acceptors (Lipinski definition) is 6. The zero-order chi connectivity index (χ0) is 22.1. The Morgan fingerprint density at radius 3 is 1.87 bits per heavy atom. The molecule has 1 unspecified atom stereocenters. The van der Waals surface area contributed by atoms with Gasteiger partial charge >= 0.3 is 5.97 Å². The van der Waals surface area contributed by atoms with Crippen molar-refractivity contribution in [2.24, 2.45) is 5.92 Å². The van der Waals surface area contributed by atoms with E-state index in [-0.39, 0.29) is 5.92 Å². The Kier molecular flexibility index (Phi) is 9.05. The first-order valence-electron chi connectivity index (χ1n) is 10.5. The number of carboxylic acids is 1. The van der Waals surface area contributed by atoms with E-state index >= 15 is 0 Å². The van der Waals surface area contributed by atoms with Gasteiger partial charge in [0.15, 0.2) is 0 Å². The number of unbranched alkanes of at least 4 members (excludes halogenated alkanes) is 1. The maximum atomic E-state index is 11.0. The van der Waals surface area contributed by atoms with Gasteiger partial charge in [-0.3, -0.25) is 19.7 Å². The Hall–Kier alpha value is -2.67. The molecule has 30 heavy (non-hydrogen) atoms. The second kappa shape index (κ2) is 11.5. The molecule has 1 atom stereocenters. The molecule has 1 N–H and O–H groups in total. The summed E-state index contributed by atoms with van der Waals surface area (Å²) in [6.07, 6.45) is 6.23. The van der Waals surface area contributed by atoms with Gasteiger partial charge in [-0.25, -0.2) is 0 Å². The van der Waals surface area contributed by atoms with Gasteiger partial charge in [0.05, 0.1) is 17.3 Å². The van der Waals surface area contributed by atoms with Crippen LogP contribution in [0.1, 0.15) is 37.6 Å². The minimum Gasteiger partial charge on any atom is -0.481 e. The Morgan fingerprint density at radius 2 is 1.43 bits per heavy atom. The number of anilines is 2. The first-order chi connectivity index (χ1) is 14.3. The highest BCUT2D eigenvalue weighted by molar-refractivity contribution is 5.69. The minimum atomic E-state index is -0.721. The van der Waals surface area contributed by atoms with Crippen LogP contribution in [0.15, 0.2) is 36.7 Å². The van der Waals surface area contributed by atoms with Crippen LogP contribution < -0.4 is 9.80 Å². The monoisotopic (exact) mass is 413 g/mol. The molecule has 164 valence electrons. The number of carboxylic acid groups (broad SMARTS) is 1. The van der Waals surface area contributed by atoms with Crippen molar-refractivity contribution in [1.29, 1.82) is 0 Å². The third-order valence-electron chi connectivity index (χ3n) is 5.19. The number of aliphatic carboxylic acids is 1. The van der Waals surface area contributed by atoms with E-state index in [0.29, 0.717) is 6.42 Å². The zero-order valence-corrected chi connectivity index (χ0v) is 18.9. The largest absolute Gasteiger partial charge is 0.481 e. The average Bonchev–Trinajstić information content (AvgIpc) is 2.71. The van der Waals surface area contributed by atoms with Gasteiger partial charge in [-0.2, -0.15) is 0 Å². The second-order valence-corrected chi connectivity index (χ2v) is 8.25. The maximum absolute atomic E-state index is 11.0. The van der Waals surface area contributed by atoms with Gasteiger partial charge in [-0.05, 0) is 43.7 Å². The van der Waals surface area contributed by atoms with Crippen LogP contribution in [0.3, 0.4) is 0 Å². The van der Waals surface area contributed by atoms with E-state index in [1.807, 2.05) is 52.7 Å². The number of nitrogens with zero attached hydrogens (tertiary/aromatic N) is 5. The summed E-state index contributed by atoms with van der Waals surface area (Å²) in [5.74, 6) is -1.02. The van der Waals surface area contributed by atoms with Crippen molar-refractivity contribution in [2.75, 3.05) is 44.5 Å². The zero-order valence-electron chi connectivity index (χ0n) is 18.9. The van der Waals surface area contributed by atoms with Crippen molar-refractivity contribution in [3.8, 4) is 0 Å². The molecule has 2 heterocycles. The van der Waals surface area contributed by atoms with Crippen molar-refractivity contribution in [1.82, 2.24) is 14.9 Å². The summed E-state index contributed by atoms with van der Waals surface area (Å²) in [5, 5.41) is 9.09. The van der Waals surface area contributed by atoms with Crippen LogP contribution in [0.4, 0.5) is 11.4 Å². The maximum Gasteiger partial charge on any atom is 0.306 e. The molecular formula is C23H35N5O2. The van der Waals surface area contributed by atoms with Crippen molar-refractivity contribution >= 4 is 17.3 Å². The smallest absolute Gasteiger partial charge is 0.306 e. The number of pyridine rings is 2. The van der Waals surface area contributed by atoms with E-state index in [2.05, 4.69) is 36.8 Å². The summed E-state index contributed by atoms with van der Waals surface area (Å²) >= 11 is 0. The van der Waals surface area contributed by atoms with E-state index in [0.717, 1.165) is 55.2 Å². The molecule has 0 aliphatic carbocycles. The van der Waals surface area contributed by atoms with Gasteiger partial charge in [-0.1, -0.05) is 13.3 Å². The average molecular weight is 414 g/mol. The van der Waals surface area contributed by atoms with Gasteiger partial charge in [0, 0.05) is 65.0 Å². The third-order valence-corrected chi connectivity index (χ3v) is 5.19. The fourth-order valence-corrected chi connectivity index (χ4v) is 3.24. The van der Waals surface area contributed by atoms with Crippen LogP contribution in [-0.2, 0) is 17.9 Å². The molecule has 0 saturated heterocycles. The summed E-state index contributed by atoms with van der Waals surface area (Å²) in [7, 11) is 8.10. The molecule has 0 aliphatic rings. The van der Waals surface area contributed by atoms with E-state index < -0.39 is 5.97 Å². The van der Waals surface area contributed by atoms with E-state index in [1.165, 1.54) is 0 Å². The quantitative estimate of drug-likeness (QED) is 0.534. The highest BCUT2D eigenvalue weighted by Gasteiger charge is 2.13. The first kappa shape index (κ1) is 23.6. The van der Waals surface area contributed by atoms with Crippen LogP contribution in [0.5, 0.6) is 0 Å². The number of hydrogen-bond donors (Lipinski definition) is 1. The van der Waals surface area contributed by atoms with Crippen LogP contribution in [0.2, 0.25) is 0 Å². The lowest BCUT2D eigenvalue weighted by Crippen LogP contribution is -2.25. The molecule has 0 aliphatic heterocycles. The molecule has 7 nitrogen and oxygen atoms in total. The van der Waals surface area contributed by atoms with Crippen LogP contribution in [-0.4, -0.2) is 60.7 Å². The topological polar surface area (TPSA) is 72.8 Å². The lowest BCUT2D eigenvalue weighted by atomic mass is 10.0. The molecule has 0 spiro atoms. The molecule has 0 saturated carbocycles. The molecule has 7 heteroatoms. The van der Waals surface area contributed by atoms with Gasteiger partial charge < -0.3 is 14.9 Å². The van der Waals surface area contributed by atoms with E-state index in [1.54, 1.807) is 6.92 Å². The molecule has 2 aromatic heterocycles. The summed E-state index contributed by atoms with van der Waals surface area (Å²) in [6.45, 7) is 4.09. The van der Waals surface area contributed by atoms with Crippen LogP contribution in [0.25, 0.3) is 0 Å². The number of rotatable bonds is 12. The fraction of sp³-hybridized carbons (Fsp3) is 0.522. The van der Waals surface area contributed by atoms with Crippen LogP contribution in [0, 0.1) is 5.92 Å². The molecule has 0 amide bonds. The van der Waals surface area contributed by atoms with Crippen LogP contribution >= 0.6 is 0 Å². The van der Waals surface area contributed by atoms with Crippen molar-refractivity contribution < 1.29 is 9.90 Å². The Morgan fingerprint density at radius 1 is 0.933 bits per heavy atom.